The number of hydrogen-bond acceptors (Lipinski definition) is 4. The lowest BCUT2D eigenvalue weighted by Crippen LogP contribution is -2.54. The number of carbonyl (C=O) groups excluding carboxylic acids is 3. The fourth-order valence-electron chi connectivity index (χ4n) is 6.65. The molecule has 6 nitrogen and oxygen atoms in total. The Morgan fingerprint density at radius 2 is 1.68 bits per heavy atom. The van der Waals surface area contributed by atoms with Crippen LogP contribution >= 0.6 is 0 Å². The summed E-state index contributed by atoms with van der Waals surface area (Å²) >= 11 is 0. The molecule has 0 bridgehead atoms. The molecule has 0 saturated carbocycles. The molecule has 3 fully saturated rings. The third kappa shape index (κ3) is 2.18. The van der Waals surface area contributed by atoms with Gasteiger partial charge in [0.05, 0.1) is 17.5 Å². The van der Waals surface area contributed by atoms with Gasteiger partial charge in [-0.15, -0.1) is 0 Å². The van der Waals surface area contributed by atoms with Crippen molar-refractivity contribution in [2.75, 3.05) is 16.8 Å². The van der Waals surface area contributed by atoms with Crippen molar-refractivity contribution in [1.29, 1.82) is 0 Å². The monoisotopic (exact) mass is 415 g/mol. The molecule has 4 atom stereocenters. The first-order valence-corrected chi connectivity index (χ1v) is 11.0. The SMILES string of the molecule is Cc1cc(C)cc(N2C(=O)[C@@H]3[C@H]4CCCN4[C@]4(C(=O)Nc5ccc(C)cc54)[C@H]3C2=O)c1. The van der Waals surface area contributed by atoms with Crippen LogP contribution in [0, 0.1) is 32.6 Å². The summed E-state index contributed by atoms with van der Waals surface area (Å²) in [6, 6.07) is 11.6. The highest BCUT2D eigenvalue weighted by Gasteiger charge is 2.74. The molecule has 6 heteroatoms. The third-order valence-electron chi connectivity index (χ3n) is 7.61. The van der Waals surface area contributed by atoms with Gasteiger partial charge in [-0.05, 0) is 69.5 Å². The van der Waals surface area contributed by atoms with Crippen molar-refractivity contribution in [2.45, 2.75) is 45.2 Å². The van der Waals surface area contributed by atoms with Gasteiger partial charge in [0.25, 0.3) is 0 Å². The fraction of sp³-hybridized carbons (Fsp3) is 0.400. The van der Waals surface area contributed by atoms with Gasteiger partial charge in [-0.3, -0.25) is 19.3 Å². The Morgan fingerprint density at radius 1 is 0.935 bits per heavy atom. The van der Waals surface area contributed by atoms with Crippen LogP contribution in [0.25, 0.3) is 0 Å². The third-order valence-corrected chi connectivity index (χ3v) is 7.61. The second kappa shape index (κ2) is 6.04. The molecule has 158 valence electrons. The molecule has 3 saturated heterocycles. The summed E-state index contributed by atoms with van der Waals surface area (Å²) in [7, 11) is 0. The number of fused-ring (bicyclic) bond motifs is 7. The number of aryl methyl sites for hydroxylation is 3. The molecule has 6 rings (SSSR count). The first kappa shape index (κ1) is 18.8. The van der Waals surface area contributed by atoms with E-state index in [0.29, 0.717) is 5.69 Å². The molecule has 0 radical (unpaired) electrons. The van der Waals surface area contributed by atoms with Crippen LogP contribution in [0.5, 0.6) is 0 Å². The second-order valence-corrected chi connectivity index (χ2v) is 9.53. The Balaban J connectivity index is 1.57. The van der Waals surface area contributed by atoms with Crippen molar-refractivity contribution in [2.24, 2.45) is 11.8 Å². The number of hydrogen-bond donors (Lipinski definition) is 1. The van der Waals surface area contributed by atoms with Gasteiger partial charge in [0, 0.05) is 17.3 Å². The topological polar surface area (TPSA) is 69.7 Å². The maximum absolute atomic E-state index is 14.0. The quantitative estimate of drug-likeness (QED) is 0.727. The number of imide groups is 1. The van der Waals surface area contributed by atoms with Gasteiger partial charge in [-0.25, -0.2) is 4.90 Å². The minimum absolute atomic E-state index is 0.0884. The zero-order valence-electron chi connectivity index (χ0n) is 17.9. The van der Waals surface area contributed by atoms with E-state index in [1.54, 1.807) is 0 Å². The van der Waals surface area contributed by atoms with Gasteiger partial charge in [-0.2, -0.15) is 0 Å². The van der Waals surface area contributed by atoms with Crippen LogP contribution < -0.4 is 10.2 Å². The summed E-state index contributed by atoms with van der Waals surface area (Å²) in [6.45, 7) is 6.65. The molecule has 0 aromatic heterocycles. The predicted molar refractivity (Wildman–Crippen MR) is 117 cm³/mol. The molecule has 4 aliphatic rings. The second-order valence-electron chi connectivity index (χ2n) is 9.53. The molecule has 1 spiro atoms. The Morgan fingerprint density at radius 3 is 2.42 bits per heavy atom. The molecular weight excluding hydrogens is 390 g/mol. The highest BCUT2D eigenvalue weighted by molar-refractivity contribution is 6.25. The van der Waals surface area contributed by atoms with Crippen molar-refractivity contribution in [3.05, 3.63) is 58.7 Å². The largest absolute Gasteiger partial charge is 0.324 e. The first-order valence-electron chi connectivity index (χ1n) is 11.0. The highest BCUT2D eigenvalue weighted by atomic mass is 16.2. The van der Waals surface area contributed by atoms with E-state index in [-0.39, 0.29) is 23.8 Å². The van der Waals surface area contributed by atoms with E-state index in [0.717, 1.165) is 47.3 Å². The van der Waals surface area contributed by atoms with Crippen molar-refractivity contribution >= 4 is 29.1 Å². The normalized spacial score (nSPS) is 31.4. The summed E-state index contributed by atoms with van der Waals surface area (Å²) in [5, 5.41) is 3.03. The first-order chi connectivity index (χ1) is 14.8. The summed E-state index contributed by atoms with van der Waals surface area (Å²) in [5.41, 5.74) is 4.16. The van der Waals surface area contributed by atoms with E-state index in [1.807, 2.05) is 57.2 Å². The number of carbonyl (C=O) groups is 3. The number of rotatable bonds is 1. The van der Waals surface area contributed by atoms with Gasteiger partial charge in [-0.1, -0.05) is 23.8 Å². The highest BCUT2D eigenvalue weighted by Crippen LogP contribution is 2.60. The van der Waals surface area contributed by atoms with E-state index >= 15 is 0 Å². The Bertz CT molecular complexity index is 1170. The molecule has 1 N–H and O–H groups in total. The molecule has 2 aromatic carbocycles. The number of amides is 3. The minimum Gasteiger partial charge on any atom is -0.324 e. The van der Waals surface area contributed by atoms with Crippen molar-refractivity contribution in [3.63, 3.8) is 0 Å². The molecule has 31 heavy (non-hydrogen) atoms. The summed E-state index contributed by atoms with van der Waals surface area (Å²) in [4.78, 5) is 44.8. The zero-order valence-corrected chi connectivity index (χ0v) is 17.9. The van der Waals surface area contributed by atoms with Crippen LogP contribution in [0.4, 0.5) is 11.4 Å². The van der Waals surface area contributed by atoms with Gasteiger partial charge in [0.15, 0.2) is 0 Å². The Hall–Kier alpha value is -2.99. The lowest BCUT2D eigenvalue weighted by atomic mass is 9.75. The lowest BCUT2D eigenvalue weighted by molar-refractivity contribution is -0.135. The lowest BCUT2D eigenvalue weighted by Gasteiger charge is -2.36. The van der Waals surface area contributed by atoms with Crippen LogP contribution in [0.1, 0.15) is 35.1 Å². The standard InChI is InChI=1S/C25H25N3O3/c1-13-6-7-18-17(12-13)25(24(31)26-18)21-20(19-5-4-8-27(19)25)22(29)28(23(21)30)16-10-14(2)9-15(3)11-16/h6-7,9-12,19-21H,4-5,8H2,1-3H3,(H,26,31)/t19-,20-,21-,25+/m1/s1. The Kier molecular flexibility index (Phi) is 3.65. The van der Waals surface area contributed by atoms with E-state index in [2.05, 4.69) is 10.2 Å². The molecule has 0 aliphatic carbocycles. The average Bonchev–Trinajstić information content (AvgIpc) is 3.39. The maximum Gasteiger partial charge on any atom is 0.250 e. The van der Waals surface area contributed by atoms with E-state index < -0.39 is 17.4 Å². The predicted octanol–water partition coefficient (Wildman–Crippen LogP) is 3.04. The average molecular weight is 415 g/mol. The van der Waals surface area contributed by atoms with E-state index in [1.165, 1.54) is 4.90 Å². The number of benzene rings is 2. The Labute approximate surface area is 181 Å². The van der Waals surface area contributed by atoms with E-state index in [4.69, 9.17) is 0 Å². The summed E-state index contributed by atoms with van der Waals surface area (Å²) in [5.74, 6) is -1.78. The molecule has 2 aromatic rings. The molecule has 4 heterocycles. The van der Waals surface area contributed by atoms with Crippen LogP contribution in [0.3, 0.4) is 0 Å². The van der Waals surface area contributed by atoms with Gasteiger partial charge in [0.2, 0.25) is 17.7 Å². The number of anilines is 2. The molecule has 3 amide bonds. The summed E-state index contributed by atoms with van der Waals surface area (Å²) in [6.07, 6.45) is 1.76. The van der Waals surface area contributed by atoms with Crippen molar-refractivity contribution in [1.82, 2.24) is 4.90 Å². The van der Waals surface area contributed by atoms with Gasteiger partial charge < -0.3 is 5.32 Å². The molecule has 4 aliphatic heterocycles. The summed E-state index contributed by atoms with van der Waals surface area (Å²) < 4.78 is 0. The van der Waals surface area contributed by atoms with Crippen LogP contribution in [-0.2, 0) is 19.9 Å². The molecular formula is C25H25N3O3. The fourth-order valence-corrected chi connectivity index (χ4v) is 6.65. The van der Waals surface area contributed by atoms with Crippen molar-refractivity contribution in [3.8, 4) is 0 Å². The smallest absolute Gasteiger partial charge is 0.250 e. The maximum atomic E-state index is 14.0. The number of nitrogens with zero attached hydrogens (tertiary/aromatic N) is 2. The minimum atomic E-state index is -1.10. The van der Waals surface area contributed by atoms with Gasteiger partial charge >= 0.3 is 0 Å². The van der Waals surface area contributed by atoms with E-state index in [9.17, 15) is 14.4 Å². The zero-order chi connectivity index (χ0) is 21.7. The van der Waals surface area contributed by atoms with Gasteiger partial charge in [0.1, 0.15) is 5.54 Å². The molecule has 0 unspecified atom stereocenters. The number of nitrogens with one attached hydrogen (secondary N) is 1. The van der Waals surface area contributed by atoms with Crippen LogP contribution in [0.15, 0.2) is 36.4 Å². The van der Waals surface area contributed by atoms with Crippen molar-refractivity contribution < 1.29 is 14.4 Å². The van der Waals surface area contributed by atoms with Crippen LogP contribution in [-0.4, -0.2) is 35.2 Å². The van der Waals surface area contributed by atoms with Crippen LogP contribution in [0.2, 0.25) is 0 Å².